The molecule has 1 amide bonds. The van der Waals surface area contributed by atoms with E-state index in [1.807, 2.05) is 0 Å². The first kappa shape index (κ1) is 20.7. The molecule has 2 rings (SSSR count). The monoisotopic (exact) mass is 408 g/mol. The molecule has 0 spiro atoms. The Morgan fingerprint density at radius 1 is 1.26 bits per heavy atom. The van der Waals surface area contributed by atoms with Crippen molar-refractivity contribution in [1.29, 1.82) is 0 Å². The van der Waals surface area contributed by atoms with Gasteiger partial charge in [-0.25, -0.2) is 4.79 Å². The fourth-order valence-electron chi connectivity index (χ4n) is 2.10. The van der Waals surface area contributed by atoms with E-state index in [9.17, 15) is 19.7 Å². The zero-order chi connectivity index (χ0) is 20.0. The Morgan fingerprint density at radius 3 is 2.52 bits per heavy atom. The largest absolute Gasteiger partial charge is 0.449 e. The third-order valence-electron chi connectivity index (χ3n) is 3.44. The number of hydrogen-bond donors (Lipinski definition) is 1. The van der Waals surface area contributed by atoms with Crippen LogP contribution in [0.2, 0.25) is 5.02 Å². The SMILES string of the molecule is CCNC(=O)[C@H](C)OC(=O)c1ccc(Sc2ccc(Cl)cc2)c([N+](=O)[O-])c1. The summed E-state index contributed by atoms with van der Waals surface area (Å²) in [7, 11) is 0. The molecule has 0 saturated carbocycles. The van der Waals surface area contributed by atoms with Crippen LogP contribution in [0.1, 0.15) is 24.2 Å². The maximum absolute atomic E-state index is 12.2. The quantitative estimate of drug-likeness (QED) is 0.421. The molecule has 0 unspecified atom stereocenters. The van der Waals surface area contributed by atoms with Crippen LogP contribution in [-0.4, -0.2) is 29.4 Å². The molecular formula is C18H17ClN2O5S. The fraction of sp³-hybridized carbons (Fsp3) is 0.222. The van der Waals surface area contributed by atoms with Gasteiger partial charge in [-0.2, -0.15) is 0 Å². The number of rotatable bonds is 7. The maximum atomic E-state index is 12.2. The van der Waals surface area contributed by atoms with Gasteiger partial charge in [-0.1, -0.05) is 23.4 Å². The van der Waals surface area contributed by atoms with Gasteiger partial charge in [-0.3, -0.25) is 14.9 Å². The third-order valence-corrected chi connectivity index (χ3v) is 4.76. The second kappa shape index (κ2) is 9.38. The van der Waals surface area contributed by atoms with E-state index in [-0.39, 0.29) is 11.3 Å². The number of benzene rings is 2. The summed E-state index contributed by atoms with van der Waals surface area (Å²) in [6.45, 7) is 3.58. The van der Waals surface area contributed by atoms with Crippen molar-refractivity contribution in [3.63, 3.8) is 0 Å². The topological polar surface area (TPSA) is 98.5 Å². The fourth-order valence-corrected chi connectivity index (χ4v) is 3.13. The van der Waals surface area contributed by atoms with E-state index in [1.54, 1.807) is 31.2 Å². The Morgan fingerprint density at radius 2 is 1.93 bits per heavy atom. The molecule has 2 aromatic carbocycles. The normalized spacial score (nSPS) is 11.5. The summed E-state index contributed by atoms with van der Waals surface area (Å²) >= 11 is 7.02. The highest BCUT2D eigenvalue weighted by molar-refractivity contribution is 7.99. The molecule has 0 radical (unpaired) electrons. The van der Waals surface area contributed by atoms with E-state index in [0.29, 0.717) is 16.5 Å². The first-order chi connectivity index (χ1) is 12.8. The number of halogens is 1. The van der Waals surface area contributed by atoms with E-state index in [2.05, 4.69) is 5.32 Å². The lowest BCUT2D eigenvalue weighted by Gasteiger charge is -2.13. The molecule has 2 aromatic rings. The molecule has 0 aromatic heterocycles. The van der Waals surface area contributed by atoms with Crippen molar-refractivity contribution in [3.05, 3.63) is 63.2 Å². The van der Waals surface area contributed by atoms with Gasteiger partial charge in [-0.05, 0) is 50.2 Å². The Hall–Kier alpha value is -2.58. The van der Waals surface area contributed by atoms with Gasteiger partial charge in [0.1, 0.15) is 0 Å². The number of carbonyl (C=O) groups excluding carboxylic acids is 2. The molecule has 0 aliphatic carbocycles. The lowest BCUT2D eigenvalue weighted by molar-refractivity contribution is -0.387. The van der Waals surface area contributed by atoms with Gasteiger partial charge in [0, 0.05) is 22.5 Å². The lowest BCUT2D eigenvalue weighted by atomic mass is 10.2. The van der Waals surface area contributed by atoms with Gasteiger partial charge >= 0.3 is 5.97 Å². The van der Waals surface area contributed by atoms with E-state index in [0.717, 1.165) is 11.0 Å². The Kier molecular flexibility index (Phi) is 7.20. The van der Waals surface area contributed by atoms with E-state index < -0.39 is 22.9 Å². The molecule has 0 fully saturated rings. The van der Waals surface area contributed by atoms with Crippen LogP contribution in [0.3, 0.4) is 0 Å². The van der Waals surface area contributed by atoms with Crippen molar-refractivity contribution in [1.82, 2.24) is 5.32 Å². The standard InChI is InChI=1S/C18H17ClN2O5S/c1-3-20-17(22)11(2)26-18(23)12-4-9-16(15(10-12)21(24)25)27-14-7-5-13(19)6-8-14/h4-11H,3H2,1-2H3,(H,20,22)/t11-/m0/s1. The number of nitrogens with one attached hydrogen (secondary N) is 1. The average molecular weight is 409 g/mol. The highest BCUT2D eigenvalue weighted by Crippen LogP contribution is 2.35. The van der Waals surface area contributed by atoms with Crippen LogP contribution in [0.15, 0.2) is 52.3 Å². The predicted molar refractivity (Wildman–Crippen MR) is 102 cm³/mol. The van der Waals surface area contributed by atoms with Crippen LogP contribution in [0.5, 0.6) is 0 Å². The summed E-state index contributed by atoms with van der Waals surface area (Å²) in [5.74, 6) is -1.24. The molecule has 27 heavy (non-hydrogen) atoms. The number of amides is 1. The van der Waals surface area contributed by atoms with Crippen LogP contribution in [0, 0.1) is 10.1 Å². The number of esters is 1. The van der Waals surface area contributed by atoms with Gasteiger partial charge in [0.15, 0.2) is 6.10 Å². The molecule has 0 heterocycles. The highest BCUT2D eigenvalue weighted by Gasteiger charge is 2.22. The summed E-state index contributed by atoms with van der Waals surface area (Å²) in [6, 6.07) is 10.9. The van der Waals surface area contributed by atoms with Crippen molar-refractivity contribution < 1.29 is 19.2 Å². The summed E-state index contributed by atoms with van der Waals surface area (Å²) in [5.41, 5.74) is -0.228. The van der Waals surface area contributed by atoms with Crippen molar-refractivity contribution >= 4 is 40.9 Å². The second-order valence-electron chi connectivity index (χ2n) is 5.44. The van der Waals surface area contributed by atoms with Crippen molar-refractivity contribution in [2.75, 3.05) is 6.54 Å². The average Bonchev–Trinajstić information content (AvgIpc) is 2.63. The molecular weight excluding hydrogens is 392 g/mol. The molecule has 0 bridgehead atoms. The molecule has 0 aliphatic rings. The number of likely N-dealkylation sites (N-methyl/N-ethyl adjacent to an activating group) is 1. The first-order valence-corrected chi connectivity index (χ1v) is 9.21. The van der Waals surface area contributed by atoms with E-state index in [4.69, 9.17) is 16.3 Å². The lowest BCUT2D eigenvalue weighted by Crippen LogP contribution is -2.35. The smallest absolute Gasteiger partial charge is 0.339 e. The predicted octanol–water partition coefficient (Wildman–Crippen LogP) is 4.08. The minimum atomic E-state index is -1.00. The van der Waals surface area contributed by atoms with Crippen LogP contribution < -0.4 is 5.32 Å². The number of nitro benzene ring substituents is 1. The van der Waals surface area contributed by atoms with Gasteiger partial charge in [-0.15, -0.1) is 0 Å². The van der Waals surface area contributed by atoms with Gasteiger partial charge in [0.2, 0.25) is 0 Å². The summed E-state index contributed by atoms with van der Waals surface area (Å²) in [6.07, 6.45) is -1.00. The molecule has 1 N–H and O–H groups in total. The van der Waals surface area contributed by atoms with Gasteiger partial charge < -0.3 is 10.1 Å². The Labute approximate surface area is 165 Å². The summed E-state index contributed by atoms with van der Waals surface area (Å²) < 4.78 is 5.06. The molecule has 142 valence electrons. The number of carbonyl (C=O) groups is 2. The Bertz CT molecular complexity index is 857. The Balaban J connectivity index is 2.21. The molecule has 9 heteroatoms. The minimum absolute atomic E-state index is 0.00157. The van der Waals surface area contributed by atoms with Crippen LogP contribution in [0.4, 0.5) is 5.69 Å². The van der Waals surface area contributed by atoms with Crippen LogP contribution >= 0.6 is 23.4 Å². The zero-order valence-electron chi connectivity index (χ0n) is 14.6. The molecule has 0 saturated heterocycles. The number of ether oxygens (including phenoxy) is 1. The first-order valence-electron chi connectivity index (χ1n) is 8.02. The van der Waals surface area contributed by atoms with Gasteiger partial charge in [0.05, 0.1) is 15.4 Å². The number of nitro groups is 1. The summed E-state index contributed by atoms with van der Waals surface area (Å²) in [5, 5.41) is 14.5. The van der Waals surface area contributed by atoms with Gasteiger partial charge in [0.25, 0.3) is 11.6 Å². The highest BCUT2D eigenvalue weighted by atomic mass is 35.5. The summed E-state index contributed by atoms with van der Waals surface area (Å²) in [4.78, 5) is 35.8. The molecule has 7 nitrogen and oxygen atoms in total. The molecule has 0 aliphatic heterocycles. The van der Waals surface area contributed by atoms with Crippen molar-refractivity contribution in [2.45, 2.75) is 29.7 Å². The van der Waals surface area contributed by atoms with E-state index >= 15 is 0 Å². The molecule has 1 atom stereocenters. The minimum Gasteiger partial charge on any atom is -0.449 e. The zero-order valence-corrected chi connectivity index (χ0v) is 16.2. The third kappa shape index (κ3) is 5.70. The maximum Gasteiger partial charge on any atom is 0.339 e. The van der Waals surface area contributed by atoms with Crippen LogP contribution in [-0.2, 0) is 9.53 Å². The van der Waals surface area contributed by atoms with Crippen molar-refractivity contribution in [3.8, 4) is 0 Å². The van der Waals surface area contributed by atoms with E-state index in [1.165, 1.54) is 30.8 Å². The van der Waals surface area contributed by atoms with Crippen LogP contribution in [0.25, 0.3) is 0 Å². The van der Waals surface area contributed by atoms with Crippen molar-refractivity contribution in [2.24, 2.45) is 0 Å². The second-order valence-corrected chi connectivity index (χ2v) is 6.99. The number of hydrogen-bond acceptors (Lipinski definition) is 6. The number of nitrogens with zero attached hydrogens (tertiary/aromatic N) is 1.